The lowest BCUT2D eigenvalue weighted by molar-refractivity contribution is -0.138. The van der Waals surface area contributed by atoms with Gasteiger partial charge in [0.15, 0.2) is 0 Å². The van der Waals surface area contributed by atoms with Gasteiger partial charge in [0.25, 0.3) is 0 Å². The van der Waals surface area contributed by atoms with Gasteiger partial charge in [-0.05, 0) is 41.7 Å². The van der Waals surface area contributed by atoms with E-state index in [1.807, 2.05) is 48.5 Å². The zero-order valence-corrected chi connectivity index (χ0v) is 12.9. The Labute approximate surface area is 127 Å². The molecule has 0 radical (unpaired) electrons. The Kier molecular flexibility index (Phi) is 4.96. The second kappa shape index (κ2) is 6.71. The van der Waals surface area contributed by atoms with Crippen molar-refractivity contribution in [2.45, 2.75) is 25.7 Å². The summed E-state index contributed by atoms with van der Waals surface area (Å²) in [6, 6.07) is 15.7. The number of carboxylic acid groups (broad SMARTS) is 1. The van der Waals surface area contributed by atoms with Crippen molar-refractivity contribution in [3.8, 4) is 0 Å². The van der Waals surface area contributed by atoms with Crippen LogP contribution in [0.3, 0.4) is 0 Å². The van der Waals surface area contributed by atoms with Crippen molar-refractivity contribution in [1.82, 2.24) is 0 Å². The minimum atomic E-state index is -0.780. The van der Waals surface area contributed by atoms with Crippen LogP contribution in [-0.2, 0) is 17.6 Å². The number of carbonyl (C=O) groups is 1. The summed E-state index contributed by atoms with van der Waals surface area (Å²) < 4.78 is 1.00. The number of rotatable bonds is 5. The van der Waals surface area contributed by atoms with Crippen molar-refractivity contribution < 1.29 is 9.90 Å². The molecule has 0 fully saturated rings. The molecule has 1 atom stereocenters. The van der Waals surface area contributed by atoms with Crippen LogP contribution in [0.4, 0.5) is 0 Å². The third-order valence-electron chi connectivity index (χ3n) is 3.44. The summed E-state index contributed by atoms with van der Waals surface area (Å²) in [5.74, 6) is -1.28. The van der Waals surface area contributed by atoms with Crippen molar-refractivity contribution in [3.63, 3.8) is 0 Å². The molecule has 3 heteroatoms. The summed E-state index contributed by atoms with van der Waals surface area (Å²) in [7, 11) is 0. The normalized spacial score (nSPS) is 12.1. The molecule has 0 aliphatic rings. The lowest BCUT2D eigenvalue weighted by Gasteiger charge is -2.13. The van der Waals surface area contributed by atoms with E-state index in [2.05, 4.69) is 22.9 Å². The van der Waals surface area contributed by atoms with Crippen molar-refractivity contribution in [1.29, 1.82) is 0 Å². The Morgan fingerprint density at radius 2 is 1.60 bits per heavy atom. The van der Waals surface area contributed by atoms with Crippen molar-refractivity contribution in [2.75, 3.05) is 0 Å². The van der Waals surface area contributed by atoms with E-state index in [1.54, 1.807) is 0 Å². The van der Waals surface area contributed by atoms with E-state index in [1.165, 1.54) is 5.56 Å². The molecule has 0 spiro atoms. The van der Waals surface area contributed by atoms with Gasteiger partial charge in [0.2, 0.25) is 0 Å². The average molecular weight is 333 g/mol. The van der Waals surface area contributed by atoms with Gasteiger partial charge in [-0.2, -0.15) is 0 Å². The Morgan fingerprint density at radius 3 is 2.10 bits per heavy atom. The van der Waals surface area contributed by atoms with Crippen LogP contribution < -0.4 is 0 Å². The fraction of sp³-hybridized carbons (Fsp3) is 0.235. The minimum absolute atomic E-state index is 0.498. The topological polar surface area (TPSA) is 37.3 Å². The smallest absolute Gasteiger partial charge is 0.311 e. The van der Waals surface area contributed by atoms with Gasteiger partial charge in [0, 0.05) is 4.47 Å². The third kappa shape index (κ3) is 3.70. The molecule has 0 saturated carbocycles. The molecule has 0 aromatic heterocycles. The van der Waals surface area contributed by atoms with Gasteiger partial charge in [-0.1, -0.05) is 59.3 Å². The van der Waals surface area contributed by atoms with Crippen LogP contribution in [0.15, 0.2) is 53.0 Å². The van der Waals surface area contributed by atoms with E-state index in [0.717, 1.165) is 22.0 Å². The number of benzene rings is 2. The molecule has 20 heavy (non-hydrogen) atoms. The Hall–Kier alpha value is -1.61. The van der Waals surface area contributed by atoms with Gasteiger partial charge in [0.05, 0.1) is 5.92 Å². The Morgan fingerprint density at radius 1 is 1.05 bits per heavy atom. The first-order chi connectivity index (χ1) is 9.60. The standard InChI is InChI=1S/C17H17BrO2/c1-2-12-3-7-14(8-4-12)16(17(19)20)11-13-5-9-15(18)10-6-13/h3-10,16H,2,11H2,1H3,(H,19,20). The van der Waals surface area contributed by atoms with Gasteiger partial charge in [0.1, 0.15) is 0 Å². The highest BCUT2D eigenvalue weighted by atomic mass is 79.9. The third-order valence-corrected chi connectivity index (χ3v) is 3.97. The minimum Gasteiger partial charge on any atom is -0.481 e. The summed E-state index contributed by atoms with van der Waals surface area (Å²) in [6.45, 7) is 2.09. The maximum absolute atomic E-state index is 11.5. The molecule has 2 rings (SSSR count). The molecular weight excluding hydrogens is 316 g/mol. The van der Waals surface area contributed by atoms with Gasteiger partial charge < -0.3 is 5.11 Å². The fourth-order valence-electron chi connectivity index (χ4n) is 2.19. The molecule has 1 unspecified atom stereocenters. The molecule has 1 N–H and O–H groups in total. The van der Waals surface area contributed by atoms with Crippen LogP contribution in [0, 0.1) is 0 Å². The van der Waals surface area contributed by atoms with E-state index in [9.17, 15) is 9.90 Å². The molecule has 104 valence electrons. The molecule has 2 aromatic rings. The summed E-state index contributed by atoms with van der Waals surface area (Å²) in [6.07, 6.45) is 1.47. The molecule has 0 amide bonds. The van der Waals surface area contributed by atoms with Crippen LogP contribution in [-0.4, -0.2) is 11.1 Å². The van der Waals surface area contributed by atoms with E-state index in [-0.39, 0.29) is 0 Å². The van der Waals surface area contributed by atoms with Gasteiger partial charge in [-0.25, -0.2) is 0 Å². The summed E-state index contributed by atoms with van der Waals surface area (Å²) in [4.78, 5) is 11.5. The molecule has 2 nitrogen and oxygen atoms in total. The van der Waals surface area contributed by atoms with Gasteiger partial charge in [-0.3, -0.25) is 4.79 Å². The number of hydrogen-bond donors (Lipinski definition) is 1. The molecule has 2 aromatic carbocycles. The molecule has 0 aliphatic carbocycles. The van der Waals surface area contributed by atoms with Crippen LogP contribution in [0.2, 0.25) is 0 Å². The Bertz CT molecular complexity index is 573. The maximum atomic E-state index is 11.5. The van der Waals surface area contributed by atoms with Crippen molar-refractivity contribution in [3.05, 3.63) is 69.7 Å². The lowest BCUT2D eigenvalue weighted by atomic mass is 9.91. The van der Waals surface area contributed by atoms with Gasteiger partial charge in [-0.15, -0.1) is 0 Å². The van der Waals surface area contributed by atoms with Crippen LogP contribution in [0.25, 0.3) is 0 Å². The zero-order valence-electron chi connectivity index (χ0n) is 11.3. The monoisotopic (exact) mass is 332 g/mol. The Balaban J connectivity index is 2.22. The molecule has 0 heterocycles. The first kappa shape index (κ1) is 14.8. The summed E-state index contributed by atoms with van der Waals surface area (Å²) in [5.41, 5.74) is 3.11. The second-order valence-corrected chi connectivity index (χ2v) is 5.73. The SMILES string of the molecule is CCc1ccc(C(Cc2ccc(Br)cc2)C(=O)O)cc1. The molecule has 0 bridgehead atoms. The predicted molar refractivity (Wildman–Crippen MR) is 84.0 cm³/mol. The number of halogens is 1. The average Bonchev–Trinajstić information content (AvgIpc) is 2.46. The second-order valence-electron chi connectivity index (χ2n) is 4.82. The first-order valence-electron chi connectivity index (χ1n) is 6.66. The highest BCUT2D eigenvalue weighted by molar-refractivity contribution is 9.10. The number of aliphatic carboxylic acids is 1. The van der Waals surface area contributed by atoms with E-state index < -0.39 is 11.9 Å². The van der Waals surface area contributed by atoms with Crippen LogP contribution in [0.5, 0.6) is 0 Å². The molecule has 0 saturated heterocycles. The van der Waals surface area contributed by atoms with Gasteiger partial charge >= 0.3 is 5.97 Å². The van der Waals surface area contributed by atoms with Crippen LogP contribution in [0.1, 0.15) is 29.5 Å². The molecular formula is C17H17BrO2. The van der Waals surface area contributed by atoms with Crippen molar-refractivity contribution in [2.24, 2.45) is 0 Å². The zero-order chi connectivity index (χ0) is 14.5. The van der Waals surface area contributed by atoms with Crippen molar-refractivity contribution >= 4 is 21.9 Å². The summed E-state index contributed by atoms with van der Waals surface area (Å²) >= 11 is 3.39. The highest BCUT2D eigenvalue weighted by Crippen LogP contribution is 2.23. The highest BCUT2D eigenvalue weighted by Gasteiger charge is 2.20. The first-order valence-corrected chi connectivity index (χ1v) is 7.45. The number of carboxylic acids is 1. The molecule has 0 aliphatic heterocycles. The van der Waals surface area contributed by atoms with E-state index >= 15 is 0 Å². The van der Waals surface area contributed by atoms with Crippen LogP contribution >= 0.6 is 15.9 Å². The largest absolute Gasteiger partial charge is 0.481 e. The fourth-order valence-corrected chi connectivity index (χ4v) is 2.45. The quantitative estimate of drug-likeness (QED) is 0.879. The number of hydrogen-bond acceptors (Lipinski definition) is 1. The van der Waals surface area contributed by atoms with E-state index in [4.69, 9.17) is 0 Å². The number of aryl methyl sites for hydroxylation is 1. The van der Waals surface area contributed by atoms with E-state index in [0.29, 0.717) is 6.42 Å². The summed E-state index contributed by atoms with van der Waals surface area (Å²) in [5, 5.41) is 9.46. The lowest BCUT2D eigenvalue weighted by Crippen LogP contribution is -2.14. The maximum Gasteiger partial charge on any atom is 0.311 e. The predicted octanol–water partition coefficient (Wildman–Crippen LogP) is 4.42.